The van der Waals surface area contributed by atoms with Gasteiger partial charge in [0.05, 0.1) is 6.61 Å². The third-order valence-corrected chi connectivity index (χ3v) is 4.73. The van der Waals surface area contributed by atoms with E-state index in [4.69, 9.17) is 28.4 Å². The third-order valence-electron chi connectivity index (χ3n) is 4.73. The van der Waals surface area contributed by atoms with Crippen molar-refractivity contribution in [1.82, 2.24) is 0 Å². The van der Waals surface area contributed by atoms with E-state index < -0.39 is 24.0 Å². The summed E-state index contributed by atoms with van der Waals surface area (Å²) in [6.45, 7) is 4.40. The van der Waals surface area contributed by atoms with Crippen LogP contribution in [-0.4, -0.2) is 56.5 Å². The number of benzene rings is 1. The molecule has 0 radical (unpaired) electrons. The molecule has 0 N–H and O–H groups in total. The van der Waals surface area contributed by atoms with Crippen LogP contribution in [0.5, 0.6) is 0 Å². The molecule has 0 aromatic heterocycles. The fraction of sp³-hybridized carbons (Fsp3) is 0.579. The van der Waals surface area contributed by atoms with Gasteiger partial charge in [0.2, 0.25) is 5.79 Å². The molecule has 3 heterocycles. The van der Waals surface area contributed by atoms with Crippen molar-refractivity contribution in [2.75, 3.05) is 20.3 Å². The van der Waals surface area contributed by atoms with Crippen LogP contribution >= 0.6 is 0 Å². The summed E-state index contributed by atoms with van der Waals surface area (Å²) in [6.07, 6.45) is 2.54. The van der Waals surface area contributed by atoms with Crippen LogP contribution < -0.4 is 0 Å². The number of ether oxygens (including phenoxy) is 6. The lowest BCUT2D eigenvalue weighted by molar-refractivity contribution is -0.330. The first-order valence-corrected chi connectivity index (χ1v) is 8.56. The molecule has 1 spiro atoms. The Kier molecular flexibility index (Phi) is 4.43. The van der Waals surface area contributed by atoms with Crippen LogP contribution in [0.1, 0.15) is 19.4 Å². The molecule has 0 unspecified atom stereocenters. The summed E-state index contributed by atoms with van der Waals surface area (Å²) in [6, 6.07) is 10.0. The topological polar surface area (TPSA) is 55.4 Å². The molecule has 0 aliphatic carbocycles. The summed E-state index contributed by atoms with van der Waals surface area (Å²) in [4.78, 5) is 0. The van der Waals surface area contributed by atoms with Crippen LogP contribution in [0.25, 0.3) is 6.08 Å². The molecule has 136 valence electrons. The van der Waals surface area contributed by atoms with E-state index in [0.29, 0.717) is 13.2 Å². The quantitative estimate of drug-likeness (QED) is 0.836. The van der Waals surface area contributed by atoms with E-state index in [-0.39, 0.29) is 12.2 Å². The largest absolute Gasteiger partial charge is 0.373 e. The van der Waals surface area contributed by atoms with Crippen molar-refractivity contribution < 1.29 is 28.4 Å². The van der Waals surface area contributed by atoms with Crippen LogP contribution in [0, 0.1) is 0 Å². The maximum atomic E-state index is 6.10. The van der Waals surface area contributed by atoms with Gasteiger partial charge in [0.15, 0.2) is 12.1 Å². The maximum Gasteiger partial charge on any atom is 0.224 e. The van der Waals surface area contributed by atoms with E-state index in [1.54, 1.807) is 7.11 Å². The normalized spacial score (nSPS) is 40.0. The molecule has 0 amide bonds. The van der Waals surface area contributed by atoms with Gasteiger partial charge < -0.3 is 28.4 Å². The summed E-state index contributed by atoms with van der Waals surface area (Å²) < 4.78 is 35.5. The number of hydrogen-bond acceptors (Lipinski definition) is 6. The van der Waals surface area contributed by atoms with Crippen molar-refractivity contribution in [2.45, 2.75) is 50.0 Å². The average molecular weight is 348 g/mol. The lowest BCUT2D eigenvalue weighted by atomic mass is 9.97. The van der Waals surface area contributed by atoms with Crippen molar-refractivity contribution in [3.05, 3.63) is 42.0 Å². The van der Waals surface area contributed by atoms with E-state index in [1.807, 2.05) is 56.3 Å². The molecule has 1 aromatic rings. The molecule has 25 heavy (non-hydrogen) atoms. The first-order chi connectivity index (χ1) is 12.0. The van der Waals surface area contributed by atoms with Gasteiger partial charge in [-0.05, 0) is 25.5 Å². The Hall–Kier alpha value is -1.28. The van der Waals surface area contributed by atoms with Crippen molar-refractivity contribution in [1.29, 1.82) is 0 Å². The van der Waals surface area contributed by atoms with E-state index >= 15 is 0 Å². The zero-order valence-electron chi connectivity index (χ0n) is 14.7. The lowest BCUT2D eigenvalue weighted by Gasteiger charge is -2.43. The molecule has 1 aromatic carbocycles. The smallest absolute Gasteiger partial charge is 0.224 e. The molecule has 6 nitrogen and oxygen atoms in total. The van der Waals surface area contributed by atoms with Gasteiger partial charge in [-0.2, -0.15) is 0 Å². The van der Waals surface area contributed by atoms with E-state index in [9.17, 15) is 0 Å². The number of fused-ring (bicyclic) bond motifs is 1. The van der Waals surface area contributed by atoms with Crippen molar-refractivity contribution in [2.24, 2.45) is 0 Å². The third kappa shape index (κ3) is 3.26. The summed E-state index contributed by atoms with van der Waals surface area (Å²) in [5, 5.41) is 0. The van der Waals surface area contributed by atoms with Crippen LogP contribution in [0.2, 0.25) is 0 Å². The second-order valence-corrected chi connectivity index (χ2v) is 6.98. The summed E-state index contributed by atoms with van der Waals surface area (Å²) in [5.41, 5.74) is 1.09. The zero-order chi connectivity index (χ0) is 17.5. The molecule has 4 rings (SSSR count). The molecule has 3 fully saturated rings. The highest BCUT2D eigenvalue weighted by Gasteiger charge is 2.61. The molecule has 5 atom stereocenters. The molecule has 6 heteroatoms. The Morgan fingerprint density at radius 2 is 1.92 bits per heavy atom. The Labute approximate surface area is 147 Å². The summed E-state index contributed by atoms with van der Waals surface area (Å²) >= 11 is 0. The molecular weight excluding hydrogens is 324 g/mol. The summed E-state index contributed by atoms with van der Waals surface area (Å²) in [5.74, 6) is -1.67. The van der Waals surface area contributed by atoms with E-state index in [2.05, 4.69) is 0 Å². The zero-order valence-corrected chi connectivity index (χ0v) is 14.7. The first-order valence-electron chi connectivity index (χ1n) is 8.56. The van der Waals surface area contributed by atoms with Crippen molar-refractivity contribution in [3.63, 3.8) is 0 Å². The minimum Gasteiger partial charge on any atom is -0.373 e. The molecule has 3 aliphatic rings. The second kappa shape index (κ2) is 6.46. The SMILES string of the molecule is CO[C@H]1[C@@H]2O[C@H](/C=C/c3ccccc3)O[C@@H]2CO[C@]12COC(C)(C)O2. The van der Waals surface area contributed by atoms with Gasteiger partial charge in [-0.15, -0.1) is 0 Å². The predicted molar refractivity (Wildman–Crippen MR) is 89.6 cm³/mol. The Bertz CT molecular complexity index is 630. The highest BCUT2D eigenvalue weighted by molar-refractivity contribution is 5.49. The molecule has 0 saturated carbocycles. The first kappa shape index (κ1) is 17.1. The second-order valence-electron chi connectivity index (χ2n) is 6.98. The van der Waals surface area contributed by atoms with Gasteiger partial charge in [-0.1, -0.05) is 36.4 Å². The fourth-order valence-electron chi connectivity index (χ4n) is 3.60. The number of hydrogen-bond donors (Lipinski definition) is 0. The van der Waals surface area contributed by atoms with Crippen LogP contribution in [-0.2, 0) is 28.4 Å². The van der Waals surface area contributed by atoms with Gasteiger partial charge in [0.1, 0.15) is 24.9 Å². The average Bonchev–Trinajstić information content (AvgIpc) is 3.15. The highest BCUT2D eigenvalue weighted by atomic mass is 16.9. The van der Waals surface area contributed by atoms with Gasteiger partial charge in [-0.3, -0.25) is 0 Å². The van der Waals surface area contributed by atoms with Crippen molar-refractivity contribution in [3.8, 4) is 0 Å². The standard InChI is InChI=1S/C19H24O6/c1-18(2)22-12-19(25-18)17(20-3)16-14(11-21-19)23-15(24-16)10-9-13-7-5-4-6-8-13/h4-10,14-17H,11-12H2,1-3H3/b10-9+/t14-,15-,16-,17+,19+/m1/s1. The highest BCUT2D eigenvalue weighted by Crippen LogP contribution is 2.43. The molecule has 0 bridgehead atoms. The van der Waals surface area contributed by atoms with Crippen LogP contribution in [0.4, 0.5) is 0 Å². The molecular formula is C19H24O6. The fourth-order valence-corrected chi connectivity index (χ4v) is 3.60. The monoisotopic (exact) mass is 348 g/mol. The van der Waals surface area contributed by atoms with Gasteiger partial charge in [-0.25, -0.2) is 0 Å². The van der Waals surface area contributed by atoms with Gasteiger partial charge >= 0.3 is 0 Å². The van der Waals surface area contributed by atoms with E-state index in [1.165, 1.54) is 0 Å². The summed E-state index contributed by atoms with van der Waals surface area (Å²) in [7, 11) is 1.63. The van der Waals surface area contributed by atoms with E-state index in [0.717, 1.165) is 5.56 Å². The Morgan fingerprint density at radius 3 is 2.60 bits per heavy atom. The van der Waals surface area contributed by atoms with Crippen LogP contribution in [0.15, 0.2) is 36.4 Å². The predicted octanol–water partition coefficient (Wildman–Crippen LogP) is 2.33. The van der Waals surface area contributed by atoms with Crippen molar-refractivity contribution >= 4 is 6.08 Å². The Morgan fingerprint density at radius 1 is 1.12 bits per heavy atom. The minimum absolute atomic E-state index is 0.201. The number of rotatable bonds is 3. The maximum absolute atomic E-state index is 6.10. The Balaban J connectivity index is 1.48. The lowest BCUT2D eigenvalue weighted by Crippen LogP contribution is -2.62. The molecule has 3 aliphatic heterocycles. The van der Waals surface area contributed by atoms with Gasteiger partial charge in [0, 0.05) is 7.11 Å². The van der Waals surface area contributed by atoms with Crippen LogP contribution in [0.3, 0.4) is 0 Å². The minimum atomic E-state index is -0.958. The van der Waals surface area contributed by atoms with Gasteiger partial charge in [0.25, 0.3) is 0 Å². The number of methoxy groups -OCH3 is 1. The molecule has 3 saturated heterocycles.